The molecule has 0 aromatic rings. The van der Waals surface area contributed by atoms with Crippen molar-refractivity contribution in [2.45, 2.75) is 6.42 Å². The molecule has 0 aromatic heterocycles. The Morgan fingerprint density at radius 3 is 1.44 bits per heavy atom. The van der Waals surface area contributed by atoms with Gasteiger partial charge in [0.05, 0.1) is 0 Å². The summed E-state index contributed by atoms with van der Waals surface area (Å²) in [6.07, 6.45) is 1.21. The van der Waals surface area contributed by atoms with Crippen LogP contribution in [0.25, 0.3) is 0 Å². The molecule has 0 rings (SSSR count). The molecule has 0 aromatic carbocycles. The van der Waals surface area contributed by atoms with Crippen LogP contribution in [0.3, 0.4) is 0 Å². The normalized spacial score (nSPS) is 10.1. The third-order valence-corrected chi connectivity index (χ3v) is 2.39. The Bertz CT molecular complexity index is 169. The summed E-state index contributed by atoms with van der Waals surface area (Å²) in [4.78, 5) is 4.57. The average Bonchev–Trinajstić information content (AvgIpc) is 2.19. The van der Waals surface area contributed by atoms with E-state index in [-0.39, 0.29) is 0 Å². The van der Waals surface area contributed by atoms with Gasteiger partial charge in [-0.15, -0.1) is 0 Å². The van der Waals surface area contributed by atoms with E-state index >= 15 is 0 Å². The first kappa shape index (κ1) is 19.3. The fourth-order valence-corrected chi connectivity index (χ4v) is 1.77. The van der Waals surface area contributed by atoms with Crippen LogP contribution in [-0.4, -0.2) is 61.6 Å². The van der Waals surface area contributed by atoms with Crippen LogP contribution < -0.4 is 0 Å². The molecule has 0 aliphatic heterocycles. The zero-order chi connectivity index (χ0) is 12.8. The first-order valence-corrected chi connectivity index (χ1v) is 7.86. The molecular formula is C9H20MoN2O2S2-2. The van der Waals surface area contributed by atoms with Crippen LogP contribution in [0.2, 0.25) is 0 Å². The number of nitrogens with zero attached hydrogens (tertiary/aromatic N) is 2. The van der Waals surface area contributed by atoms with Gasteiger partial charge in [0.25, 0.3) is 0 Å². The molecule has 7 heteroatoms. The first-order valence-electron chi connectivity index (χ1n) is 5.07. The van der Waals surface area contributed by atoms with Crippen LogP contribution in [0, 0.1) is 0 Å². The molecule has 0 amide bonds. The second-order valence-corrected chi connectivity index (χ2v) is 4.59. The van der Waals surface area contributed by atoms with Crippen molar-refractivity contribution in [1.29, 1.82) is 0 Å². The fourth-order valence-electron chi connectivity index (χ4n) is 1.15. The van der Waals surface area contributed by atoms with Gasteiger partial charge in [0.15, 0.2) is 0 Å². The van der Waals surface area contributed by atoms with E-state index in [9.17, 15) is 0 Å². The van der Waals surface area contributed by atoms with Gasteiger partial charge in [-0.25, -0.2) is 0 Å². The molecule has 0 aliphatic rings. The molecule has 0 spiro atoms. The van der Waals surface area contributed by atoms with E-state index in [0.717, 1.165) is 37.7 Å². The van der Waals surface area contributed by atoms with Crippen LogP contribution >= 0.6 is 0 Å². The van der Waals surface area contributed by atoms with E-state index in [4.69, 9.17) is 32.1 Å². The molecule has 0 bridgehead atoms. The zero-order valence-electron chi connectivity index (χ0n) is 9.89. The summed E-state index contributed by atoms with van der Waals surface area (Å²) in [6.45, 7) is 4.33. The fraction of sp³-hybridized carbons (Fsp3) is 1.00. The Hall–Kier alpha value is 0.908. The third-order valence-electron chi connectivity index (χ3n) is 2.03. The topological polar surface area (TPSA) is 40.6 Å². The maximum atomic E-state index is 8.50. The number of hydrogen-bond donors (Lipinski definition) is 0. The molecule has 0 heterocycles. The summed E-state index contributed by atoms with van der Waals surface area (Å²) in [7, 11) is 4.25. The zero-order valence-corrected chi connectivity index (χ0v) is 13.5. The second-order valence-electron chi connectivity index (χ2n) is 3.44. The van der Waals surface area contributed by atoms with Crippen LogP contribution in [0.1, 0.15) is 6.42 Å². The summed E-state index contributed by atoms with van der Waals surface area (Å²) in [6, 6.07) is 0. The Morgan fingerprint density at radius 2 is 1.19 bits per heavy atom. The standard InChI is InChI=1S/C9H22N2S2.Mo.2O/c1-10(6-8-12)4-3-5-11(2)7-9-13;;;/h12-13H,3-9H2,1-2H3;;;/p-2. The number of hydrogen-bond acceptors (Lipinski definition) is 6. The molecule has 0 saturated heterocycles. The van der Waals surface area contributed by atoms with Crippen molar-refractivity contribution in [3.05, 3.63) is 0 Å². The van der Waals surface area contributed by atoms with Crippen molar-refractivity contribution in [2.24, 2.45) is 0 Å². The van der Waals surface area contributed by atoms with Crippen LogP contribution in [0.4, 0.5) is 0 Å². The minimum absolute atomic E-state index is 0.832. The Kier molecular flexibility index (Phi) is 19.1. The second kappa shape index (κ2) is 15.9. The molecule has 0 atom stereocenters. The quantitative estimate of drug-likeness (QED) is 0.458. The first-order chi connectivity index (χ1) is 7.62. The minimum atomic E-state index is -2.03. The molecular weight excluding hydrogens is 328 g/mol. The van der Waals surface area contributed by atoms with Crippen LogP contribution in [0.15, 0.2) is 0 Å². The predicted octanol–water partition coefficient (Wildman–Crippen LogP) is 0.0938. The van der Waals surface area contributed by atoms with E-state index in [1.54, 1.807) is 0 Å². The predicted molar refractivity (Wildman–Crippen MR) is 65.4 cm³/mol. The monoisotopic (exact) mass is 350 g/mol. The molecule has 0 aliphatic carbocycles. The van der Waals surface area contributed by atoms with Crippen molar-refractivity contribution in [1.82, 2.24) is 9.80 Å². The third kappa shape index (κ3) is 17.3. The summed E-state index contributed by atoms with van der Waals surface area (Å²) in [5.41, 5.74) is 0. The van der Waals surface area contributed by atoms with Crippen molar-refractivity contribution < 1.29 is 25.3 Å². The summed E-state index contributed by atoms with van der Waals surface area (Å²) in [5, 5.41) is 0. The van der Waals surface area contributed by atoms with Gasteiger partial charge in [-0.3, -0.25) is 0 Å². The van der Waals surface area contributed by atoms with Crippen LogP contribution in [-0.2, 0) is 50.5 Å². The van der Waals surface area contributed by atoms with Gasteiger partial charge in [-0.05, 0) is 46.7 Å². The summed E-state index contributed by atoms with van der Waals surface area (Å²) >= 11 is 7.78. The molecule has 0 unspecified atom stereocenters. The molecule has 0 radical (unpaired) electrons. The SMILES string of the molecule is CN(CC[S-])CCCN(C)CC[S-].[O]=[Mo]=[O]. The van der Waals surface area contributed by atoms with E-state index in [1.165, 1.54) is 6.42 Å². The van der Waals surface area contributed by atoms with E-state index < -0.39 is 18.5 Å². The van der Waals surface area contributed by atoms with Gasteiger partial charge in [-0.1, -0.05) is 0 Å². The van der Waals surface area contributed by atoms with Gasteiger partial charge in [0.1, 0.15) is 0 Å². The Balaban J connectivity index is 0. The van der Waals surface area contributed by atoms with Gasteiger partial charge in [0.2, 0.25) is 0 Å². The van der Waals surface area contributed by atoms with E-state index in [2.05, 4.69) is 23.9 Å². The van der Waals surface area contributed by atoms with E-state index in [1.807, 2.05) is 0 Å². The molecule has 0 N–H and O–H groups in total. The molecule has 4 nitrogen and oxygen atoms in total. The average molecular weight is 348 g/mol. The summed E-state index contributed by atoms with van der Waals surface area (Å²) < 4.78 is 17.0. The Morgan fingerprint density at radius 1 is 0.875 bits per heavy atom. The van der Waals surface area contributed by atoms with Crippen molar-refractivity contribution in [3.63, 3.8) is 0 Å². The van der Waals surface area contributed by atoms with E-state index in [0.29, 0.717) is 0 Å². The molecule has 0 saturated carbocycles. The maximum absolute atomic E-state index is 8.50. The molecule has 0 fully saturated rings. The van der Waals surface area contributed by atoms with Crippen molar-refractivity contribution in [3.8, 4) is 0 Å². The van der Waals surface area contributed by atoms with Gasteiger partial charge >= 0.3 is 25.3 Å². The molecule has 98 valence electrons. The van der Waals surface area contributed by atoms with Gasteiger partial charge < -0.3 is 35.1 Å². The number of rotatable bonds is 8. The molecule has 16 heavy (non-hydrogen) atoms. The van der Waals surface area contributed by atoms with Gasteiger partial charge in [0, 0.05) is 0 Å². The van der Waals surface area contributed by atoms with Gasteiger partial charge in [-0.2, -0.15) is 11.5 Å². The summed E-state index contributed by atoms with van der Waals surface area (Å²) in [5.74, 6) is 1.66. The van der Waals surface area contributed by atoms with Crippen molar-refractivity contribution >= 4 is 25.3 Å². The van der Waals surface area contributed by atoms with Crippen molar-refractivity contribution in [2.75, 3.05) is 51.8 Å². The Labute approximate surface area is 118 Å². The van der Waals surface area contributed by atoms with Crippen LogP contribution in [0.5, 0.6) is 0 Å².